The molecule has 0 N–H and O–H groups in total. The van der Waals surface area contributed by atoms with E-state index in [9.17, 15) is 0 Å². The van der Waals surface area contributed by atoms with E-state index in [0.29, 0.717) is 0 Å². The summed E-state index contributed by atoms with van der Waals surface area (Å²) in [5.74, 6) is 0. The van der Waals surface area contributed by atoms with Gasteiger partial charge in [0.1, 0.15) is 0 Å². The van der Waals surface area contributed by atoms with Gasteiger partial charge in [-0.3, -0.25) is 0 Å². The van der Waals surface area contributed by atoms with Crippen molar-refractivity contribution in [3.8, 4) is 0 Å². The lowest BCUT2D eigenvalue weighted by atomic mass is 10.7. The third-order valence-corrected chi connectivity index (χ3v) is 6.78. The summed E-state index contributed by atoms with van der Waals surface area (Å²) in [5, 5.41) is 14.2. The molecule has 1 aliphatic heterocycles. The van der Waals surface area contributed by atoms with Gasteiger partial charge in [-0.15, -0.1) is 10.2 Å². The van der Waals surface area contributed by atoms with Crippen molar-refractivity contribution in [1.82, 2.24) is 15.4 Å². The summed E-state index contributed by atoms with van der Waals surface area (Å²) in [6.07, 6.45) is 3.15. The van der Waals surface area contributed by atoms with E-state index in [0.717, 1.165) is 0 Å². The maximum absolute atomic E-state index is 4.89. The molecule has 0 amide bonds. The largest absolute Gasteiger partial charge is 0.139 e. The van der Waals surface area contributed by atoms with Gasteiger partial charge in [0.05, 0.1) is 12.4 Å². The highest BCUT2D eigenvalue weighted by atomic mass is 33.6. The van der Waals surface area contributed by atoms with Crippen molar-refractivity contribution in [3.63, 3.8) is 0 Å². The van der Waals surface area contributed by atoms with E-state index < -0.39 is 0 Å². The summed E-state index contributed by atoms with van der Waals surface area (Å²) in [6, 6.07) is 1.72. The van der Waals surface area contributed by atoms with E-state index in [1.54, 1.807) is 39.1 Å². The fraction of sp³-hybridized carbons (Fsp3) is 0. The first-order chi connectivity index (χ1) is 5.89. The average molecular weight is 235 g/mol. The average Bonchev–Trinajstić information content (AvgIpc) is 2.60. The third-order valence-electron chi connectivity index (χ3n) is 0.737. The minimum absolute atomic E-state index is 0.110. The summed E-state index contributed by atoms with van der Waals surface area (Å²) in [4.78, 5) is 0. The van der Waals surface area contributed by atoms with Gasteiger partial charge in [0.2, 0.25) is 0 Å². The molecule has 0 bridgehead atoms. The molecule has 0 saturated heterocycles. The van der Waals surface area contributed by atoms with Crippen LogP contribution in [0.15, 0.2) is 29.3 Å². The van der Waals surface area contributed by atoms with Crippen LogP contribution >= 0.6 is 20.6 Å². The summed E-state index contributed by atoms with van der Waals surface area (Å²) >= 11 is 4.89. The van der Waals surface area contributed by atoms with Crippen LogP contribution in [0.25, 0.3) is 0 Å². The van der Waals surface area contributed by atoms with Gasteiger partial charge < -0.3 is 0 Å². The topological polar surface area (TPSA) is 38.7 Å². The maximum Gasteiger partial charge on any atom is 0.0529 e. The first-order valence-electron chi connectivity index (χ1n) is 2.89. The Morgan fingerprint density at radius 1 is 1.25 bits per heavy atom. The van der Waals surface area contributed by atoms with Crippen molar-refractivity contribution >= 4 is 40.3 Å². The van der Waals surface area contributed by atoms with Crippen molar-refractivity contribution in [1.29, 1.82) is 0 Å². The van der Waals surface area contributed by atoms with Crippen LogP contribution in [-0.2, 0) is 19.7 Å². The Balaban J connectivity index is 0.000000120. The van der Waals surface area contributed by atoms with Crippen molar-refractivity contribution < 1.29 is 0 Å². The third kappa shape index (κ3) is 4.81. The van der Waals surface area contributed by atoms with Crippen LogP contribution in [0.2, 0.25) is 0 Å². The molecule has 1 unspecified atom stereocenters. The fourth-order valence-corrected chi connectivity index (χ4v) is 5.18. The fourth-order valence-electron chi connectivity index (χ4n) is 0.357. The van der Waals surface area contributed by atoms with Gasteiger partial charge in [-0.05, 0) is 51.6 Å². The van der Waals surface area contributed by atoms with Gasteiger partial charge in [-0.1, -0.05) is 10.8 Å². The first-order valence-corrected chi connectivity index (χ1v) is 7.83. The van der Waals surface area contributed by atoms with Crippen LogP contribution in [0, 0.1) is 0 Å². The van der Waals surface area contributed by atoms with Crippen molar-refractivity contribution in [3.05, 3.63) is 29.3 Å². The molecule has 0 aliphatic carbocycles. The molecule has 1 aromatic rings. The van der Waals surface area contributed by atoms with Gasteiger partial charge in [-0.25, -0.2) is 0 Å². The molecule has 1 aliphatic rings. The second-order valence-corrected chi connectivity index (χ2v) is 7.90. The van der Waals surface area contributed by atoms with Crippen LogP contribution in [0.4, 0.5) is 0 Å². The van der Waals surface area contributed by atoms with Crippen molar-refractivity contribution in [2.75, 3.05) is 0 Å². The molecule has 2 rings (SSSR count). The smallest absolute Gasteiger partial charge is 0.0529 e. The molecule has 0 aromatic carbocycles. The van der Waals surface area contributed by atoms with Gasteiger partial charge in [-0.2, -0.15) is 0 Å². The van der Waals surface area contributed by atoms with E-state index in [-0.39, 0.29) is 8.49 Å². The van der Waals surface area contributed by atoms with E-state index in [1.807, 2.05) is 10.8 Å². The first kappa shape index (κ1) is 10.1. The highest BCUT2D eigenvalue weighted by molar-refractivity contribution is 9.13. The zero-order chi connectivity index (χ0) is 8.65. The lowest BCUT2D eigenvalue weighted by Crippen LogP contribution is -1.78. The van der Waals surface area contributed by atoms with Crippen molar-refractivity contribution in [2.45, 2.75) is 0 Å². The van der Waals surface area contributed by atoms with Crippen LogP contribution in [0.5, 0.6) is 0 Å². The summed E-state index contributed by atoms with van der Waals surface area (Å²) in [7, 11) is 3.58. The molecule has 12 heavy (non-hydrogen) atoms. The molecule has 7 heteroatoms. The Hall–Kier alpha value is 0.0200. The second kappa shape index (κ2) is 6.53. The molecule has 1 aromatic heterocycles. The second-order valence-electron chi connectivity index (χ2n) is 1.51. The Bertz CT molecular complexity index is 236. The van der Waals surface area contributed by atoms with E-state index in [4.69, 9.17) is 11.2 Å². The van der Waals surface area contributed by atoms with Crippen LogP contribution < -0.4 is 0 Å². The molecule has 64 valence electrons. The Morgan fingerprint density at radius 2 is 2.00 bits per heavy atom. The molecular weight excluding hydrogens is 230 g/mol. The highest BCUT2D eigenvalue weighted by Crippen LogP contribution is 2.33. The maximum atomic E-state index is 4.89. The Morgan fingerprint density at radius 3 is 2.17 bits per heavy atom. The van der Waals surface area contributed by atoms with Gasteiger partial charge >= 0.3 is 0 Å². The minimum atomic E-state index is 0.110. The molecule has 0 radical (unpaired) electrons. The SMILES string of the molecule is S=S1C=CSS1.c1cnnnc1. The zero-order valence-corrected chi connectivity index (χ0v) is 9.13. The van der Waals surface area contributed by atoms with Gasteiger partial charge in [0.25, 0.3) is 0 Å². The standard InChI is InChI=1S/C3H3N3.C2H2S4/c1-2-4-6-5-3-1;3-6-2-1-4-5-6/h1-3H;1-2H. The molecule has 0 spiro atoms. The minimum Gasteiger partial charge on any atom is -0.139 e. The lowest BCUT2D eigenvalue weighted by molar-refractivity contribution is 0.865. The summed E-state index contributed by atoms with van der Waals surface area (Å²) in [5.41, 5.74) is 0. The van der Waals surface area contributed by atoms with E-state index >= 15 is 0 Å². The molecule has 2 heterocycles. The Labute approximate surface area is 84.8 Å². The lowest BCUT2D eigenvalue weighted by Gasteiger charge is -1.76. The number of nitrogens with zero attached hydrogens (tertiary/aromatic N) is 3. The number of hydrogen-bond donors (Lipinski definition) is 0. The monoisotopic (exact) mass is 235 g/mol. The summed E-state index contributed by atoms with van der Waals surface area (Å²) < 4.78 is 0. The number of rotatable bonds is 0. The molecule has 1 atom stereocenters. The normalized spacial score (nSPS) is 19.8. The summed E-state index contributed by atoms with van der Waals surface area (Å²) in [6.45, 7) is 0. The van der Waals surface area contributed by atoms with Gasteiger partial charge in [0, 0.05) is 0 Å². The van der Waals surface area contributed by atoms with Crippen molar-refractivity contribution in [2.24, 2.45) is 0 Å². The Kier molecular flexibility index (Phi) is 5.50. The molecule has 0 fully saturated rings. The predicted molar refractivity (Wildman–Crippen MR) is 58.9 cm³/mol. The van der Waals surface area contributed by atoms with E-state index in [2.05, 4.69) is 15.4 Å². The van der Waals surface area contributed by atoms with E-state index in [1.165, 1.54) is 0 Å². The highest BCUT2D eigenvalue weighted by Gasteiger charge is 1.94. The molecule has 3 nitrogen and oxygen atoms in total. The van der Waals surface area contributed by atoms with Crippen LogP contribution in [-0.4, -0.2) is 15.4 Å². The molecule has 0 saturated carbocycles. The quantitative estimate of drug-likeness (QED) is 0.638. The number of aromatic nitrogens is 3. The van der Waals surface area contributed by atoms with Crippen LogP contribution in [0.1, 0.15) is 0 Å². The molecular formula is C5H5N3S4. The predicted octanol–water partition coefficient (Wildman–Crippen LogP) is 1.72. The van der Waals surface area contributed by atoms with Crippen LogP contribution in [0.3, 0.4) is 0 Å². The number of hydrogen-bond acceptors (Lipinski definition) is 6. The van der Waals surface area contributed by atoms with Gasteiger partial charge in [0.15, 0.2) is 0 Å². The zero-order valence-electron chi connectivity index (χ0n) is 5.86.